The number of nitrogens with one attached hydrogen (secondary N) is 1. The molecule has 0 spiro atoms. The van der Waals surface area contributed by atoms with Crippen LogP contribution in [0.4, 0.5) is 5.95 Å². The quantitative estimate of drug-likeness (QED) is 0.858. The smallest absolute Gasteiger partial charge is 0.203 e. The highest BCUT2D eigenvalue weighted by Crippen LogP contribution is 2.20. The predicted octanol–water partition coefficient (Wildman–Crippen LogP) is 4.06. The summed E-state index contributed by atoms with van der Waals surface area (Å²) in [6.07, 6.45) is 2.13. The zero-order chi connectivity index (χ0) is 14.5. The van der Waals surface area contributed by atoms with Crippen LogP contribution in [0.1, 0.15) is 37.9 Å². The van der Waals surface area contributed by atoms with Gasteiger partial charge in [0.05, 0.1) is 5.69 Å². The van der Waals surface area contributed by atoms with Gasteiger partial charge in [0.1, 0.15) is 0 Å². The minimum atomic E-state index is 0.476. The summed E-state index contributed by atoms with van der Waals surface area (Å²) in [6.45, 7) is 10.6. The zero-order valence-electron chi connectivity index (χ0n) is 12.9. The fourth-order valence-corrected chi connectivity index (χ4v) is 2.30. The van der Waals surface area contributed by atoms with E-state index in [0.29, 0.717) is 11.8 Å². The van der Waals surface area contributed by atoms with Crippen LogP contribution in [0.2, 0.25) is 0 Å². The van der Waals surface area contributed by atoms with Crippen molar-refractivity contribution in [3.05, 3.63) is 47.8 Å². The van der Waals surface area contributed by atoms with Crippen LogP contribution < -0.4 is 5.32 Å². The molecular formula is C17H25N3. The number of rotatable bonds is 6. The summed E-state index contributed by atoms with van der Waals surface area (Å²) in [6, 6.07) is 10.6. The first kappa shape index (κ1) is 14.6. The average molecular weight is 271 g/mol. The minimum absolute atomic E-state index is 0.476. The molecule has 1 N–H and O–H groups in total. The Balaban J connectivity index is 2.08. The van der Waals surface area contributed by atoms with Crippen molar-refractivity contribution in [2.24, 2.45) is 5.92 Å². The summed E-state index contributed by atoms with van der Waals surface area (Å²) in [4.78, 5) is 4.58. The van der Waals surface area contributed by atoms with E-state index >= 15 is 0 Å². The van der Waals surface area contributed by atoms with Crippen molar-refractivity contribution < 1.29 is 0 Å². The molecular weight excluding hydrogens is 246 g/mol. The van der Waals surface area contributed by atoms with E-state index in [-0.39, 0.29) is 0 Å². The standard InChI is InChI=1S/C17H25N3/c1-13(2)10-18-17-19-15(4)12-20(17)11-14(3)16-8-6-5-7-9-16/h5-9,12-14H,10-11H2,1-4H3,(H,18,19). The number of aryl methyl sites for hydroxylation is 1. The molecule has 0 fully saturated rings. The maximum absolute atomic E-state index is 4.58. The Bertz CT molecular complexity index is 528. The topological polar surface area (TPSA) is 29.9 Å². The van der Waals surface area contributed by atoms with Gasteiger partial charge in [-0.3, -0.25) is 0 Å². The van der Waals surface area contributed by atoms with E-state index < -0.39 is 0 Å². The number of aromatic nitrogens is 2. The summed E-state index contributed by atoms with van der Waals surface area (Å²) < 4.78 is 2.23. The molecule has 0 saturated carbocycles. The lowest BCUT2D eigenvalue weighted by Crippen LogP contribution is -2.14. The lowest BCUT2D eigenvalue weighted by atomic mass is 10.0. The van der Waals surface area contributed by atoms with Crippen molar-refractivity contribution in [2.75, 3.05) is 11.9 Å². The van der Waals surface area contributed by atoms with Crippen molar-refractivity contribution in [3.63, 3.8) is 0 Å². The van der Waals surface area contributed by atoms with Gasteiger partial charge < -0.3 is 9.88 Å². The van der Waals surface area contributed by atoms with Crippen molar-refractivity contribution in [2.45, 2.75) is 40.2 Å². The third-order valence-electron chi connectivity index (χ3n) is 3.40. The molecule has 0 saturated heterocycles. The van der Waals surface area contributed by atoms with Crippen molar-refractivity contribution in [1.29, 1.82) is 0 Å². The number of hydrogen-bond donors (Lipinski definition) is 1. The molecule has 0 radical (unpaired) electrons. The molecule has 2 aromatic rings. The van der Waals surface area contributed by atoms with Gasteiger partial charge in [-0.05, 0) is 24.3 Å². The third kappa shape index (κ3) is 3.86. The van der Waals surface area contributed by atoms with E-state index in [9.17, 15) is 0 Å². The Labute approximate surface area is 122 Å². The molecule has 1 aromatic carbocycles. The molecule has 0 aliphatic rings. The predicted molar refractivity (Wildman–Crippen MR) is 85.1 cm³/mol. The molecule has 3 heteroatoms. The van der Waals surface area contributed by atoms with E-state index in [1.807, 2.05) is 6.92 Å². The van der Waals surface area contributed by atoms with Crippen molar-refractivity contribution in [3.8, 4) is 0 Å². The molecule has 20 heavy (non-hydrogen) atoms. The first-order chi connectivity index (χ1) is 9.56. The van der Waals surface area contributed by atoms with E-state index in [0.717, 1.165) is 24.7 Å². The monoisotopic (exact) mass is 271 g/mol. The van der Waals surface area contributed by atoms with Gasteiger partial charge in [0.2, 0.25) is 5.95 Å². The average Bonchev–Trinajstić information content (AvgIpc) is 2.77. The number of hydrogen-bond acceptors (Lipinski definition) is 2. The number of nitrogens with zero attached hydrogens (tertiary/aromatic N) is 2. The Hall–Kier alpha value is -1.77. The highest BCUT2D eigenvalue weighted by molar-refractivity contribution is 5.29. The summed E-state index contributed by atoms with van der Waals surface area (Å²) >= 11 is 0. The minimum Gasteiger partial charge on any atom is -0.355 e. The Kier molecular flexibility index (Phi) is 4.83. The SMILES string of the molecule is Cc1cn(CC(C)c2ccccc2)c(NCC(C)C)n1. The molecule has 1 atom stereocenters. The maximum atomic E-state index is 4.58. The molecule has 0 bridgehead atoms. The Morgan fingerprint density at radius 3 is 2.50 bits per heavy atom. The summed E-state index contributed by atoms with van der Waals surface area (Å²) in [5.74, 6) is 2.08. The number of benzene rings is 1. The Morgan fingerprint density at radius 1 is 1.15 bits per heavy atom. The van der Waals surface area contributed by atoms with Crippen LogP contribution in [0.3, 0.4) is 0 Å². The van der Waals surface area contributed by atoms with Crippen LogP contribution in [-0.4, -0.2) is 16.1 Å². The molecule has 3 nitrogen and oxygen atoms in total. The largest absolute Gasteiger partial charge is 0.355 e. The molecule has 108 valence electrons. The van der Waals surface area contributed by atoms with Gasteiger partial charge in [-0.1, -0.05) is 51.1 Å². The van der Waals surface area contributed by atoms with E-state index in [2.05, 4.69) is 72.2 Å². The van der Waals surface area contributed by atoms with Crippen LogP contribution in [0.15, 0.2) is 36.5 Å². The fraction of sp³-hybridized carbons (Fsp3) is 0.471. The molecule has 0 aliphatic heterocycles. The second kappa shape index (κ2) is 6.60. The second-order valence-electron chi connectivity index (χ2n) is 5.94. The molecule has 1 aromatic heterocycles. The van der Waals surface area contributed by atoms with E-state index in [1.165, 1.54) is 5.56 Å². The molecule has 0 amide bonds. The van der Waals surface area contributed by atoms with E-state index in [1.54, 1.807) is 0 Å². The molecule has 0 aliphatic carbocycles. The lowest BCUT2D eigenvalue weighted by molar-refractivity contribution is 0.595. The van der Waals surface area contributed by atoms with Crippen LogP contribution in [0, 0.1) is 12.8 Å². The van der Waals surface area contributed by atoms with Gasteiger partial charge in [0.25, 0.3) is 0 Å². The highest BCUT2D eigenvalue weighted by Gasteiger charge is 2.11. The van der Waals surface area contributed by atoms with Crippen molar-refractivity contribution >= 4 is 5.95 Å². The van der Waals surface area contributed by atoms with Gasteiger partial charge in [0.15, 0.2) is 0 Å². The van der Waals surface area contributed by atoms with Gasteiger partial charge in [-0.2, -0.15) is 0 Å². The third-order valence-corrected chi connectivity index (χ3v) is 3.40. The first-order valence-electron chi connectivity index (χ1n) is 7.39. The summed E-state index contributed by atoms with van der Waals surface area (Å²) in [5.41, 5.74) is 2.44. The van der Waals surface area contributed by atoms with Gasteiger partial charge >= 0.3 is 0 Å². The second-order valence-corrected chi connectivity index (χ2v) is 5.94. The van der Waals surface area contributed by atoms with Gasteiger partial charge in [-0.25, -0.2) is 4.98 Å². The maximum Gasteiger partial charge on any atom is 0.203 e. The molecule has 2 rings (SSSR count). The number of imidazole rings is 1. The zero-order valence-corrected chi connectivity index (χ0v) is 12.9. The van der Waals surface area contributed by atoms with Gasteiger partial charge in [0, 0.05) is 19.3 Å². The van der Waals surface area contributed by atoms with Crippen LogP contribution in [0.5, 0.6) is 0 Å². The normalized spacial score (nSPS) is 12.7. The fourth-order valence-electron chi connectivity index (χ4n) is 2.30. The van der Waals surface area contributed by atoms with Crippen LogP contribution in [-0.2, 0) is 6.54 Å². The molecule has 1 unspecified atom stereocenters. The highest BCUT2D eigenvalue weighted by atomic mass is 15.2. The Morgan fingerprint density at radius 2 is 1.85 bits per heavy atom. The summed E-state index contributed by atoms with van der Waals surface area (Å²) in [5, 5.41) is 3.44. The molecule has 1 heterocycles. The first-order valence-corrected chi connectivity index (χ1v) is 7.39. The van der Waals surface area contributed by atoms with E-state index in [4.69, 9.17) is 0 Å². The van der Waals surface area contributed by atoms with Crippen LogP contribution in [0.25, 0.3) is 0 Å². The van der Waals surface area contributed by atoms with Gasteiger partial charge in [-0.15, -0.1) is 0 Å². The number of anilines is 1. The van der Waals surface area contributed by atoms with Crippen molar-refractivity contribution in [1.82, 2.24) is 9.55 Å². The lowest BCUT2D eigenvalue weighted by Gasteiger charge is -2.16. The summed E-state index contributed by atoms with van der Waals surface area (Å²) in [7, 11) is 0. The van der Waals surface area contributed by atoms with Crippen LogP contribution >= 0.6 is 0 Å².